The van der Waals surface area contributed by atoms with E-state index in [2.05, 4.69) is 44.6 Å². The number of anilines is 4. The number of methoxy groups -OCH3 is 1. The molecule has 3 aromatic rings. The average Bonchev–Trinajstić information content (AvgIpc) is 2.80. The van der Waals surface area contributed by atoms with Crippen molar-refractivity contribution in [2.45, 2.75) is 0 Å². The van der Waals surface area contributed by atoms with Gasteiger partial charge in [0.2, 0.25) is 0 Å². The van der Waals surface area contributed by atoms with Gasteiger partial charge in [-0.1, -0.05) is 6.07 Å². The van der Waals surface area contributed by atoms with Crippen molar-refractivity contribution < 1.29 is 9.53 Å². The third-order valence-corrected chi connectivity index (χ3v) is 5.38. The maximum atomic E-state index is 12.9. The molecule has 0 spiro atoms. The maximum absolute atomic E-state index is 12.9. The summed E-state index contributed by atoms with van der Waals surface area (Å²) in [5.41, 5.74) is 3.18. The van der Waals surface area contributed by atoms with E-state index in [0.29, 0.717) is 11.4 Å². The largest absolute Gasteiger partial charge is 0.497 e. The Bertz CT molecular complexity index is 1030. The molecule has 1 amide bonds. The summed E-state index contributed by atoms with van der Waals surface area (Å²) in [4.78, 5) is 22.0. The topological polar surface area (TPSA) is 69.7 Å². The van der Waals surface area contributed by atoms with Gasteiger partial charge >= 0.3 is 0 Å². The summed E-state index contributed by atoms with van der Waals surface area (Å²) < 4.78 is 5.26. The van der Waals surface area contributed by atoms with Gasteiger partial charge in [0.15, 0.2) is 0 Å². The maximum Gasteiger partial charge on any atom is 0.259 e. The molecule has 0 bridgehead atoms. The highest BCUT2D eigenvalue weighted by atomic mass is 16.5. The molecule has 2 heterocycles. The van der Waals surface area contributed by atoms with Crippen LogP contribution in [0, 0.1) is 0 Å². The van der Waals surface area contributed by atoms with Crippen molar-refractivity contribution in [3.05, 3.63) is 72.4 Å². The molecule has 160 valence electrons. The van der Waals surface area contributed by atoms with Crippen molar-refractivity contribution in [1.29, 1.82) is 0 Å². The lowest BCUT2D eigenvalue weighted by molar-refractivity contribution is 0.102. The second-order valence-corrected chi connectivity index (χ2v) is 7.55. The van der Waals surface area contributed by atoms with Crippen molar-refractivity contribution in [1.82, 2.24) is 9.88 Å². The summed E-state index contributed by atoms with van der Waals surface area (Å²) in [7, 11) is 3.76. The minimum atomic E-state index is -0.217. The number of likely N-dealkylation sites (N-methyl/N-ethyl adjacent to an activating group) is 1. The fourth-order valence-electron chi connectivity index (χ4n) is 3.54. The molecular formula is C24H27N5O2. The van der Waals surface area contributed by atoms with E-state index < -0.39 is 0 Å². The van der Waals surface area contributed by atoms with Crippen LogP contribution in [0.3, 0.4) is 0 Å². The molecule has 7 nitrogen and oxygen atoms in total. The molecule has 0 unspecified atom stereocenters. The Morgan fingerprint density at radius 1 is 0.968 bits per heavy atom. The van der Waals surface area contributed by atoms with E-state index in [4.69, 9.17) is 4.74 Å². The van der Waals surface area contributed by atoms with Crippen molar-refractivity contribution >= 4 is 28.8 Å². The number of nitrogens with one attached hydrogen (secondary N) is 2. The van der Waals surface area contributed by atoms with Gasteiger partial charge in [0.25, 0.3) is 5.91 Å². The fraction of sp³-hybridized carbons (Fsp3) is 0.250. The van der Waals surface area contributed by atoms with Crippen LogP contribution in [-0.4, -0.2) is 56.1 Å². The van der Waals surface area contributed by atoms with Gasteiger partial charge in [0.1, 0.15) is 11.6 Å². The summed E-state index contributed by atoms with van der Waals surface area (Å²) in [5.74, 6) is 1.00. The van der Waals surface area contributed by atoms with Gasteiger partial charge in [-0.15, -0.1) is 0 Å². The Morgan fingerprint density at radius 3 is 2.48 bits per heavy atom. The number of ether oxygens (including phenoxy) is 1. The van der Waals surface area contributed by atoms with Gasteiger partial charge in [-0.25, -0.2) is 4.98 Å². The predicted molar refractivity (Wildman–Crippen MR) is 125 cm³/mol. The quantitative estimate of drug-likeness (QED) is 0.635. The Morgan fingerprint density at radius 2 is 1.74 bits per heavy atom. The van der Waals surface area contributed by atoms with Crippen LogP contribution >= 0.6 is 0 Å². The molecule has 0 atom stereocenters. The van der Waals surface area contributed by atoms with E-state index in [1.165, 1.54) is 5.69 Å². The smallest absolute Gasteiger partial charge is 0.259 e. The van der Waals surface area contributed by atoms with Crippen LogP contribution in [0.25, 0.3) is 0 Å². The third-order valence-electron chi connectivity index (χ3n) is 5.38. The Hall–Kier alpha value is -3.58. The van der Waals surface area contributed by atoms with Gasteiger partial charge < -0.3 is 25.2 Å². The highest BCUT2D eigenvalue weighted by Crippen LogP contribution is 2.24. The van der Waals surface area contributed by atoms with Crippen LogP contribution in [0.15, 0.2) is 66.9 Å². The molecule has 2 aromatic carbocycles. The first-order valence-electron chi connectivity index (χ1n) is 10.3. The molecule has 31 heavy (non-hydrogen) atoms. The Balaban J connectivity index is 1.45. The summed E-state index contributed by atoms with van der Waals surface area (Å²) in [6, 6.07) is 19.0. The van der Waals surface area contributed by atoms with Crippen molar-refractivity contribution in [3.63, 3.8) is 0 Å². The first kappa shape index (κ1) is 20.7. The van der Waals surface area contributed by atoms with Gasteiger partial charge in [0, 0.05) is 55.5 Å². The normalized spacial score (nSPS) is 14.2. The van der Waals surface area contributed by atoms with Crippen LogP contribution in [-0.2, 0) is 0 Å². The van der Waals surface area contributed by atoms with E-state index in [-0.39, 0.29) is 5.91 Å². The number of rotatable bonds is 6. The molecule has 1 fully saturated rings. The van der Waals surface area contributed by atoms with Crippen LogP contribution in [0.5, 0.6) is 5.75 Å². The van der Waals surface area contributed by atoms with Gasteiger partial charge in [-0.05, 0) is 55.6 Å². The number of hydrogen-bond acceptors (Lipinski definition) is 6. The van der Waals surface area contributed by atoms with Gasteiger partial charge in [-0.2, -0.15) is 0 Å². The van der Waals surface area contributed by atoms with Crippen LogP contribution in [0.2, 0.25) is 0 Å². The molecule has 1 aliphatic heterocycles. The zero-order chi connectivity index (χ0) is 21.6. The van der Waals surface area contributed by atoms with Crippen molar-refractivity contribution in [2.24, 2.45) is 0 Å². The molecule has 2 N–H and O–H groups in total. The van der Waals surface area contributed by atoms with E-state index in [0.717, 1.165) is 43.3 Å². The lowest BCUT2D eigenvalue weighted by atomic mass is 10.2. The predicted octanol–water partition coefficient (Wildman–Crippen LogP) is 3.84. The molecule has 1 saturated heterocycles. The molecule has 7 heteroatoms. The number of pyridine rings is 1. The average molecular weight is 418 g/mol. The van der Waals surface area contributed by atoms with Gasteiger partial charge in [-0.3, -0.25) is 4.79 Å². The second kappa shape index (κ2) is 9.49. The Labute approximate surface area is 182 Å². The number of hydrogen-bond donors (Lipinski definition) is 2. The number of nitrogens with zero attached hydrogens (tertiary/aromatic N) is 3. The molecule has 1 aliphatic rings. The molecule has 0 aliphatic carbocycles. The van der Waals surface area contributed by atoms with E-state index in [9.17, 15) is 4.79 Å². The molecule has 4 rings (SSSR count). The highest BCUT2D eigenvalue weighted by molar-refractivity contribution is 6.07. The van der Waals surface area contributed by atoms with E-state index in [1.807, 2.05) is 36.4 Å². The van der Waals surface area contributed by atoms with Crippen LogP contribution < -0.4 is 20.3 Å². The van der Waals surface area contributed by atoms with E-state index in [1.54, 1.807) is 25.4 Å². The standard InChI is InChI=1S/C24H27N5O2/c1-28-13-15-29(16-14-28)20-10-8-18(9-11-20)27-24(30)22-7-4-12-25-23(22)26-19-5-3-6-21(17-19)31-2/h3-12,17H,13-16H2,1-2H3,(H,25,26)(H,27,30). The first-order chi connectivity index (χ1) is 15.1. The van der Waals surface area contributed by atoms with Gasteiger partial charge in [0.05, 0.1) is 12.7 Å². The lowest BCUT2D eigenvalue weighted by Crippen LogP contribution is -2.44. The fourth-order valence-corrected chi connectivity index (χ4v) is 3.54. The molecule has 0 radical (unpaired) electrons. The molecular weight excluding hydrogens is 390 g/mol. The minimum Gasteiger partial charge on any atom is -0.497 e. The Kier molecular flexibility index (Phi) is 6.33. The summed E-state index contributed by atoms with van der Waals surface area (Å²) in [5, 5.41) is 6.18. The molecule has 0 saturated carbocycles. The lowest BCUT2D eigenvalue weighted by Gasteiger charge is -2.34. The summed E-state index contributed by atoms with van der Waals surface area (Å²) in [6.45, 7) is 4.14. The van der Waals surface area contributed by atoms with Crippen LogP contribution in [0.4, 0.5) is 22.9 Å². The highest BCUT2D eigenvalue weighted by Gasteiger charge is 2.16. The van der Waals surface area contributed by atoms with Crippen molar-refractivity contribution in [3.8, 4) is 5.75 Å². The zero-order valence-electron chi connectivity index (χ0n) is 17.8. The number of carbonyl (C=O) groups is 1. The van der Waals surface area contributed by atoms with Crippen LogP contribution in [0.1, 0.15) is 10.4 Å². The molecule has 1 aromatic heterocycles. The first-order valence-corrected chi connectivity index (χ1v) is 10.3. The minimum absolute atomic E-state index is 0.217. The number of amides is 1. The number of benzene rings is 2. The third kappa shape index (κ3) is 5.13. The monoisotopic (exact) mass is 417 g/mol. The summed E-state index contributed by atoms with van der Waals surface area (Å²) in [6.07, 6.45) is 1.66. The zero-order valence-corrected chi connectivity index (χ0v) is 17.8. The second-order valence-electron chi connectivity index (χ2n) is 7.55. The van der Waals surface area contributed by atoms with Crippen molar-refractivity contribution in [2.75, 3.05) is 55.9 Å². The number of carbonyl (C=O) groups excluding carboxylic acids is 1. The summed E-state index contributed by atoms with van der Waals surface area (Å²) >= 11 is 0. The van der Waals surface area contributed by atoms with E-state index >= 15 is 0 Å². The number of piperazine rings is 1. The SMILES string of the molecule is COc1cccc(Nc2ncccc2C(=O)Nc2ccc(N3CCN(C)CC3)cc2)c1. The number of aromatic nitrogens is 1.